The first kappa shape index (κ1) is 20.8. The number of hydrazine groups is 1. The zero-order chi connectivity index (χ0) is 20.4. The molecule has 5 nitrogen and oxygen atoms in total. The average Bonchev–Trinajstić information content (AvgIpc) is 2.60. The van der Waals surface area contributed by atoms with Gasteiger partial charge in [0, 0.05) is 21.7 Å². The standard InChI is InChI=1S/C21H25ClN2O3/c1-13-10-11-15(12-17(13)22)20(26)24(21(3,4)5)23-19(25)16-8-7-9-18(27-6)14(16)2/h7-12H,1-6H3,(H,23,25). The third-order valence-corrected chi connectivity index (χ3v) is 4.66. The lowest BCUT2D eigenvalue weighted by Crippen LogP contribution is -2.56. The highest BCUT2D eigenvalue weighted by Gasteiger charge is 2.30. The highest BCUT2D eigenvalue weighted by Crippen LogP contribution is 2.23. The van der Waals surface area contributed by atoms with Crippen molar-refractivity contribution in [3.05, 3.63) is 63.7 Å². The molecule has 0 fully saturated rings. The Morgan fingerprint density at radius 1 is 1.11 bits per heavy atom. The van der Waals surface area contributed by atoms with Crippen molar-refractivity contribution >= 4 is 23.4 Å². The highest BCUT2D eigenvalue weighted by atomic mass is 35.5. The fraction of sp³-hybridized carbons (Fsp3) is 0.333. The fourth-order valence-electron chi connectivity index (χ4n) is 2.62. The lowest BCUT2D eigenvalue weighted by atomic mass is 10.0. The SMILES string of the molecule is COc1cccc(C(=O)NN(C(=O)c2ccc(C)c(Cl)c2)C(C)(C)C)c1C. The summed E-state index contributed by atoms with van der Waals surface area (Å²) in [5.41, 5.74) is 4.54. The van der Waals surface area contributed by atoms with Crippen molar-refractivity contribution in [3.63, 3.8) is 0 Å². The summed E-state index contributed by atoms with van der Waals surface area (Å²) in [7, 11) is 1.55. The molecule has 0 aliphatic heterocycles. The van der Waals surface area contributed by atoms with Crippen molar-refractivity contribution in [1.82, 2.24) is 10.4 Å². The zero-order valence-electron chi connectivity index (χ0n) is 16.5. The van der Waals surface area contributed by atoms with Crippen LogP contribution in [-0.2, 0) is 0 Å². The van der Waals surface area contributed by atoms with Crippen LogP contribution in [0, 0.1) is 13.8 Å². The number of halogens is 1. The Morgan fingerprint density at radius 2 is 1.78 bits per heavy atom. The first-order chi connectivity index (χ1) is 12.6. The maximum absolute atomic E-state index is 13.1. The summed E-state index contributed by atoms with van der Waals surface area (Å²) in [6.07, 6.45) is 0. The molecule has 27 heavy (non-hydrogen) atoms. The fourth-order valence-corrected chi connectivity index (χ4v) is 2.80. The molecule has 0 saturated heterocycles. The van der Waals surface area contributed by atoms with Crippen molar-refractivity contribution < 1.29 is 14.3 Å². The molecule has 2 amide bonds. The molecule has 0 saturated carbocycles. The number of carbonyl (C=O) groups excluding carboxylic acids is 2. The summed E-state index contributed by atoms with van der Waals surface area (Å²) < 4.78 is 5.27. The van der Waals surface area contributed by atoms with Crippen molar-refractivity contribution in [1.29, 1.82) is 0 Å². The Kier molecular flexibility index (Phi) is 6.16. The van der Waals surface area contributed by atoms with E-state index in [1.807, 2.05) is 27.7 Å². The smallest absolute Gasteiger partial charge is 0.272 e. The molecular weight excluding hydrogens is 364 g/mol. The second-order valence-corrected chi connectivity index (χ2v) is 7.76. The van der Waals surface area contributed by atoms with E-state index in [0.717, 1.165) is 5.56 Å². The number of amides is 2. The van der Waals surface area contributed by atoms with Gasteiger partial charge in [0.05, 0.1) is 12.6 Å². The molecule has 0 unspecified atom stereocenters. The number of benzene rings is 2. The third kappa shape index (κ3) is 4.61. The second kappa shape index (κ2) is 8.01. The van der Waals surface area contributed by atoms with E-state index in [9.17, 15) is 9.59 Å². The van der Waals surface area contributed by atoms with Crippen LogP contribution < -0.4 is 10.2 Å². The predicted molar refractivity (Wildman–Crippen MR) is 107 cm³/mol. The maximum Gasteiger partial charge on any atom is 0.272 e. The quantitative estimate of drug-likeness (QED) is 0.784. The number of nitrogens with one attached hydrogen (secondary N) is 1. The molecule has 2 aromatic rings. The van der Waals surface area contributed by atoms with Gasteiger partial charge in [-0.25, -0.2) is 5.01 Å². The van der Waals surface area contributed by atoms with Crippen LogP contribution in [0.4, 0.5) is 0 Å². The van der Waals surface area contributed by atoms with Crippen LogP contribution in [0.25, 0.3) is 0 Å². The molecule has 144 valence electrons. The van der Waals surface area contributed by atoms with E-state index in [1.54, 1.807) is 50.4 Å². The molecule has 0 bridgehead atoms. The van der Waals surface area contributed by atoms with Gasteiger partial charge in [-0.05, 0) is 64.4 Å². The topological polar surface area (TPSA) is 58.6 Å². The molecule has 0 aliphatic carbocycles. The van der Waals surface area contributed by atoms with E-state index in [0.29, 0.717) is 27.5 Å². The zero-order valence-corrected chi connectivity index (χ0v) is 17.3. The first-order valence-electron chi connectivity index (χ1n) is 8.61. The minimum Gasteiger partial charge on any atom is -0.496 e. The molecular formula is C21H25ClN2O3. The molecule has 0 heterocycles. The third-order valence-electron chi connectivity index (χ3n) is 4.25. The number of rotatable bonds is 3. The lowest BCUT2D eigenvalue weighted by Gasteiger charge is -2.35. The second-order valence-electron chi connectivity index (χ2n) is 7.35. The van der Waals surface area contributed by atoms with E-state index >= 15 is 0 Å². The highest BCUT2D eigenvalue weighted by molar-refractivity contribution is 6.31. The van der Waals surface area contributed by atoms with Crippen LogP contribution in [0.15, 0.2) is 36.4 Å². The minimum absolute atomic E-state index is 0.335. The van der Waals surface area contributed by atoms with E-state index in [2.05, 4.69) is 5.43 Å². The number of hydrogen-bond donors (Lipinski definition) is 1. The van der Waals surface area contributed by atoms with Crippen molar-refractivity contribution in [2.75, 3.05) is 7.11 Å². The predicted octanol–water partition coefficient (Wildman–Crippen LogP) is 4.55. The number of hydrogen-bond acceptors (Lipinski definition) is 3. The Balaban J connectivity index is 2.36. The van der Waals surface area contributed by atoms with Crippen molar-refractivity contribution in [2.24, 2.45) is 0 Å². The monoisotopic (exact) mass is 388 g/mol. The summed E-state index contributed by atoms with van der Waals surface area (Å²) >= 11 is 6.16. The van der Waals surface area contributed by atoms with E-state index in [4.69, 9.17) is 16.3 Å². The van der Waals surface area contributed by atoms with Gasteiger partial charge in [0.25, 0.3) is 11.8 Å². The van der Waals surface area contributed by atoms with Gasteiger partial charge in [-0.15, -0.1) is 0 Å². The van der Waals surface area contributed by atoms with Gasteiger partial charge in [0.15, 0.2) is 0 Å². The van der Waals surface area contributed by atoms with Crippen LogP contribution in [-0.4, -0.2) is 29.5 Å². The largest absolute Gasteiger partial charge is 0.496 e. The number of nitrogens with zero attached hydrogens (tertiary/aromatic N) is 1. The summed E-state index contributed by atoms with van der Waals surface area (Å²) in [5, 5.41) is 1.83. The molecule has 2 aromatic carbocycles. The van der Waals surface area contributed by atoms with Gasteiger partial charge >= 0.3 is 0 Å². The van der Waals surface area contributed by atoms with Gasteiger partial charge < -0.3 is 4.74 Å². The van der Waals surface area contributed by atoms with Crippen LogP contribution in [0.5, 0.6) is 5.75 Å². The summed E-state index contributed by atoms with van der Waals surface area (Å²) in [4.78, 5) is 25.9. The van der Waals surface area contributed by atoms with Crippen LogP contribution in [0.3, 0.4) is 0 Å². The molecule has 0 radical (unpaired) electrons. The van der Waals surface area contributed by atoms with Gasteiger partial charge in [-0.2, -0.15) is 0 Å². The van der Waals surface area contributed by atoms with Gasteiger partial charge in [0.2, 0.25) is 0 Å². The van der Waals surface area contributed by atoms with Crippen LogP contribution in [0.1, 0.15) is 52.6 Å². The van der Waals surface area contributed by atoms with E-state index < -0.39 is 5.54 Å². The molecule has 0 aromatic heterocycles. The van der Waals surface area contributed by atoms with Gasteiger partial charge in [-0.1, -0.05) is 23.7 Å². The number of aryl methyl sites for hydroxylation is 1. The molecule has 1 N–H and O–H groups in total. The number of methoxy groups -OCH3 is 1. The molecule has 0 spiro atoms. The van der Waals surface area contributed by atoms with E-state index in [-0.39, 0.29) is 11.8 Å². The first-order valence-corrected chi connectivity index (χ1v) is 8.99. The minimum atomic E-state index is -0.642. The van der Waals surface area contributed by atoms with Gasteiger partial charge in [0.1, 0.15) is 5.75 Å². The summed E-state index contributed by atoms with van der Waals surface area (Å²) in [5.74, 6) is -0.104. The Morgan fingerprint density at radius 3 is 2.33 bits per heavy atom. The number of carbonyl (C=O) groups is 2. The van der Waals surface area contributed by atoms with Crippen molar-refractivity contribution in [2.45, 2.75) is 40.2 Å². The maximum atomic E-state index is 13.1. The molecule has 0 aliphatic rings. The van der Waals surface area contributed by atoms with Crippen LogP contribution in [0.2, 0.25) is 5.02 Å². The van der Waals surface area contributed by atoms with Crippen LogP contribution >= 0.6 is 11.6 Å². The van der Waals surface area contributed by atoms with Gasteiger partial charge in [-0.3, -0.25) is 15.0 Å². The Hall–Kier alpha value is -2.53. The summed E-state index contributed by atoms with van der Waals surface area (Å²) in [6.45, 7) is 9.21. The lowest BCUT2D eigenvalue weighted by molar-refractivity contribution is 0.0358. The average molecular weight is 389 g/mol. The molecule has 2 rings (SSSR count). The van der Waals surface area contributed by atoms with Crippen molar-refractivity contribution in [3.8, 4) is 5.75 Å². The Labute approximate surface area is 165 Å². The molecule has 6 heteroatoms. The summed E-state index contributed by atoms with van der Waals surface area (Å²) in [6, 6.07) is 10.3. The normalized spacial score (nSPS) is 11.1. The van der Waals surface area contributed by atoms with E-state index in [1.165, 1.54) is 5.01 Å². The number of ether oxygens (including phenoxy) is 1. The molecule has 0 atom stereocenters. The Bertz CT molecular complexity index is 872.